The maximum atomic E-state index is 11.9. The molecule has 1 aromatic carbocycles. The molecule has 0 atom stereocenters. The Hall–Kier alpha value is -2.15. The molecule has 1 aliphatic rings. The molecule has 0 aliphatic heterocycles. The third-order valence-electron chi connectivity index (χ3n) is 4.00. The maximum absolute atomic E-state index is 11.9. The first-order valence-electron chi connectivity index (χ1n) is 6.79. The summed E-state index contributed by atoms with van der Waals surface area (Å²) in [4.78, 5) is 22.4. The van der Waals surface area contributed by atoms with Gasteiger partial charge in [0.15, 0.2) is 0 Å². The Kier molecular flexibility index (Phi) is 4.13. The number of nitro groups is 1. The van der Waals surface area contributed by atoms with Gasteiger partial charge in [-0.1, -0.05) is 6.07 Å². The van der Waals surface area contributed by atoms with E-state index in [4.69, 9.17) is 0 Å². The molecule has 0 heterocycles. The van der Waals surface area contributed by atoms with Crippen LogP contribution in [0.3, 0.4) is 0 Å². The second kappa shape index (κ2) is 5.69. The largest absolute Gasteiger partial charge is 0.396 e. The number of nitrogens with one attached hydrogen (secondary N) is 2. The third-order valence-corrected chi connectivity index (χ3v) is 4.00. The smallest absolute Gasteiger partial charge is 0.319 e. The summed E-state index contributed by atoms with van der Waals surface area (Å²) in [5.41, 5.74) is 1.44. The number of carbonyl (C=O) groups excluding carboxylic acids is 1. The third kappa shape index (κ3) is 3.30. The van der Waals surface area contributed by atoms with Gasteiger partial charge in [0.1, 0.15) is 0 Å². The Labute approximate surface area is 122 Å². The van der Waals surface area contributed by atoms with Crippen molar-refractivity contribution in [3.63, 3.8) is 0 Å². The number of rotatable bonds is 5. The molecule has 3 N–H and O–H groups in total. The van der Waals surface area contributed by atoms with Crippen LogP contribution in [0.2, 0.25) is 0 Å². The molecule has 1 aliphatic carbocycles. The summed E-state index contributed by atoms with van der Waals surface area (Å²) in [7, 11) is 0. The highest BCUT2D eigenvalue weighted by Crippen LogP contribution is 2.44. The SMILES string of the molecule is Cc1ccc([N+](=O)[O-])c(C)c1NC(=O)NCC1(CO)CC1. The minimum atomic E-state index is -0.469. The number of benzene rings is 1. The summed E-state index contributed by atoms with van der Waals surface area (Å²) in [6.45, 7) is 3.85. The first kappa shape index (κ1) is 15.2. The Morgan fingerprint density at radius 2 is 2.10 bits per heavy atom. The molecule has 1 fully saturated rings. The fraction of sp³-hybridized carbons (Fsp3) is 0.500. The monoisotopic (exact) mass is 293 g/mol. The summed E-state index contributed by atoms with van der Waals surface area (Å²) in [6, 6.07) is 2.62. The Balaban J connectivity index is 2.06. The standard InChI is InChI=1S/C14H19N3O4/c1-9-3-4-11(17(20)21)10(2)12(9)16-13(19)15-7-14(8-18)5-6-14/h3-4,18H,5-8H2,1-2H3,(H2,15,16,19). The highest BCUT2D eigenvalue weighted by Gasteiger charge is 2.42. The van der Waals surface area contributed by atoms with Crippen molar-refractivity contribution in [2.75, 3.05) is 18.5 Å². The van der Waals surface area contributed by atoms with Crippen molar-refractivity contribution in [2.24, 2.45) is 5.41 Å². The molecule has 0 spiro atoms. The molecule has 1 aromatic rings. The molecule has 7 heteroatoms. The molecular formula is C14H19N3O4. The van der Waals surface area contributed by atoms with E-state index in [2.05, 4.69) is 10.6 Å². The average Bonchev–Trinajstić information content (AvgIpc) is 3.21. The highest BCUT2D eigenvalue weighted by molar-refractivity contribution is 5.91. The van der Waals surface area contributed by atoms with E-state index in [-0.39, 0.29) is 17.7 Å². The molecule has 1 saturated carbocycles. The van der Waals surface area contributed by atoms with Crippen LogP contribution in [0.4, 0.5) is 16.2 Å². The van der Waals surface area contributed by atoms with Crippen LogP contribution in [0, 0.1) is 29.4 Å². The van der Waals surface area contributed by atoms with Gasteiger partial charge in [0.25, 0.3) is 5.69 Å². The quantitative estimate of drug-likeness (QED) is 0.571. The van der Waals surface area contributed by atoms with E-state index >= 15 is 0 Å². The van der Waals surface area contributed by atoms with E-state index in [1.807, 2.05) is 0 Å². The Morgan fingerprint density at radius 3 is 2.62 bits per heavy atom. The number of aliphatic hydroxyl groups excluding tert-OH is 1. The molecule has 0 aromatic heterocycles. The fourth-order valence-electron chi connectivity index (χ4n) is 2.22. The number of hydrogen-bond acceptors (Lipinski definition) is 4. The number of nitrogens with zero attached hydrogens (tertiary/aromatic N) is 1. The summed E-state index contributed by atoms with van der Waals surface area (Å²) >= 11 is 0. The van der Waals surface area contributed by atoms with Gasteiger partial charge in [0.05, 0.1) is 22.8 Å². The molecule has 114 valence electrons. The zero-order valence-electron chi connectivity index (χ0n) is 12.1. The van der Waals surface area contributed by atoms with Crippen molar-refractivity contribution in [1.82, 2.24) is 5.32 Å². The van der Waals surface area contributed by atoms with Gasteiger partial charge in [-0.25, -0.2) is 4.79 Å². The van der Waals surface area contributed by atoms with Crippen molar-refractivity contribution >= 4 is 17.4 Å². The van der Waals surface area contributed by atoms with E-state index in [0.29, 0.717) is 17.8 Å². The van der Waals surface area contributed by atoms with E-state index < -0.39 is 11.0 Å². The first-order chi connectivity index (χ1) is 9.88. The molecule has 0 unspecified atom stereocenters. The van der Waals surface area contributed by atoms with Gasteiger partial charge in [-0.15, -0.1) is 0 Å². The summed E-state index contributed by atoms with van der Waals surface area (Å²) < 4.78 is 0. The number of anilines is 1. The van der Waals surface area contributed by atoms with E-state index in [1.165, 1.54) is 6.07 Å². The predicted octanol–water partition coefficient (Wildman–Crippen LogP) is 2.11. The van der Waals surface area contributed by atoms with Gasteiger partial charge in [-0.3, -0.25) is 10.1 Å². The molecule has 2 amide bonds. The highest BCUT2D eigenvalue weighted by atomic mass is 16.6. The van der Waals surface area contributed by atoms with Gasteiger partial charge in [-0.2, -0.15) is 0 Å². The number of amides is 2. The fourth-order valence-corrected chi connectivity index (χ4v) is 2.22. The normalized spacial score (nSPS) is 15.4. The molecular weight excluding hydrogens is 274 g/mol. The minimum Gasteiger partial charge on any atom is -0.396 e. The van der Waals surface area contributed by atoms with Crippen LogP contribution < -0.4 is 10.6 Å². The van der Waals surface area contributed by atoms with Crippen molar-refractivity contribution < 1.29 is 14.8 Å². The predicted molar refractivity (Wildman–Crippen MR) is 78.3 cm³/mol. The second-order valence-electron chi connectivity index (χ2n) is 5.62. The van der Waals surface area contributed by atoms with Crippen LogP contribution in [-0.2, 0) is 0 Å². The second-order valence-corrected chi connectivity index (χ2v) is 5.62. The van der Waals surface area contributed by atoms with Crippen LogP contribution in [0.15, 0.2) is 12.1 Å². The van der Waals surface area contributed by atoms with Crippen LogP contribution in [0.5, 0.6) is 0 Å². The van der Waals surface area contributed by atoms with Crippen LogP contribution in [0.1, 0.15) is 24.0 Å². The zero-order chi connectivity index (χ0) is 15.6. The van der Waals surface area contributed by atoms with Crippen LogP contribution in [0.25, 0.3) is 0 Å². The van der Waals surface area contributed by atoms with E-state index in [1.54, 1.807) is 19.9 Å². The Bertz CT molecular complexity index is 582. The van der Waals surface area contributed by atoms with Gasteiger partial charge in [-0.05, 0) is 32.3 Å². The molecule has 21 heavy (non-hydrogen) atoms. The molecule has 0 radical (unpaired) electrons. The molecule has 0 saturated heterocycles. The number of nitro benzene ring substituents is 1. The average molecular weight is 293 g/mol. The van der Waals surface area contributed by atoms with Crippen molar-refractivity contribution in [2.45, 2.75) is 26.7 Å². The van der Waals surface area contributed by atoms with Crippen molar-refractivity contribution in [3.05, 3.63) is 33.4 Å². The number of carbonyl (C=O) groups is 1. The molecule has 2 rings (SSSR count). The van der Waals surface area contributed by atoms with Crippen LogP contribution >= 0.6 is 0 Å². The molecule has 0 bridgehead atoms. The van der Waals surface area contributed by atoms with E-state index in [9.17, 15) is 20.0 Å². The lowest BCUT2D eigenvalue weighted by atomic mass is 10.1. The number of hydrogen-bond donors (Lipinski definition) is 3. The lowest BCUT2D eigenvalue weighted by Gasteiger charge is -2.15. The van der Waals surface area contributed by atoms with Gasteiger partial charge < -0.3 is 15.7 Å². The minimum absolute atomic E-state index is 0.0232. The van der Waals surface area contributed by atoms with Gasteiger partial charge in [0.2, 0.25) is 0 Å². The molecule has 7 nitrogen and oxygen atoms in total. The van der Waals surface area contributed by atoms with Crippen molar-refractivity contribution in [3.8, 4) is 0 Å². The summed E-state index contributed by atoms with van der Waals surface area (Å²) in [5, 5.41) is 25.5. The van der Waals surface area contributed by atoms with Crippen molar-refractivity contribution in [1.29, 1.82) is 0 Å². The number of urea groups is 1. The maximum Gasteiger partial charge on any atom is 0.319 e. The van der Waals surface area contributed by atoms with Crippen LogP contribution in [-0.4, -0.2) is 29.2 Å². The number of aryl methyl sites for hydroxylation is 1. The van der Waals surface area contributed by atoms with Gasteiger partial charge in [0, 0.05) is 18.0 Å². The number of aliphatic hydroxyl groups is 1. The van der Waals surface area contributed by atoms with E-state index in [0.717, 1.165) is 18.4 Å². The summed E-state index contributed by atoms with van der Waals surface area (Å²) in [5.74, 6) is 0. The lowest BCUT2D eigenvalue weighted by molar-refractivity contribution is -0.385. The Morgan fingerprint density at radius 1 is 1.43 bits per heavy atom. The topological polar surface area (TPSA) is 105 Å². The zero-order valence-corrected chi connectivity index (χ0v) is 12.1. The lowest BCUT2D eigenvalue weighted by Crippen LogP contribution is -2.35. The van der Waals surface area contributed by atoms with Gasteiger partial charge >= 0.3 is 6.03 Å². The summed E-state index contributed by atoms with van der Waals surface area (Å²) in [6.07, 6.45) is 1.80. The first-order valence-corrected chi connectivity index (χ1v) is 6.79.